The normalized spacial score (nSPS) is 14.4. The summed E-state index contributed by atoms with van der Waals surface area (Å²) in [6.07, 6.45) is 20.7. The van der Waals surface area contributed by atoms with Gasteiger partial charge in [0.15, 0.2) is 17.3 Å². The van der Waals surface area contributed by atoms with Crippen molar-refractivity contribution in [3.8, 4) is 0 Å². The van der Waals surface area contributed by atoms with Gasteiger partial charge in [-0.3, -0.25) is 14.4 Å². The summed E-state index contributed by atoms with van der Waals surface area (Å²) < 4.78 is 15.0. The minimum Gasteiger partial charge on any atom is -0.753 e. The van der Waals surface area contributed by atoms with Gasteiger partial charge in [-0.25, -0.2) is 0 Å². The summed E-state index contributed by atoms with van der Waals surface area (Å²) in [5.41, 5.74) is 8.18. The van der Waals surface area contributed by atoms with Crippen LogP contribution < -0.4 is 16.0 Å². The van der Waals surface area contributed by atoms with E-state index >= 15 is 0 Å². The molecule has 0 aliphatic heterocycles. The van der Waals surface area contributed by atoms with Gasteiger partial charge < -0.3 is 46.4 Å². The van der Waals surface area contributed by atoms with Crippen molar-refractivity contribution in [1.82, 2.24) is 0 Å². The van der Waals surface area contributed by atoms with Crippen LogP contribution in [0.3, 0.4) is 0 Å². The van der Waals surface area contributed by atoms with Crippen LogP contribution in [0.1, 0.15) is 16.7 Å². The number of hydrogen-bond acceptors (Lipinski definition) is 12. The van der Waals surface area contributed by atoms with Crippen molar-refractivity contribution in [2.75, 3.05) is 37.3 Å². The molecule has 6 rings (SSSR count). The van der Waals surface area contributed by atoms with Crippen molar-refractivity contribution < 1.29 is 78.0 Å². The standard InChI is InChI=1S/3C15H15NO2.3CNS.Eu/c3*1-11-6-8-13(9-7-11)16-10-12-4-3-5-14(18-2)15(12)17;3*2-1-3;/h3*3-10,16H,1-2H3;;;;/q;;;3*-1;+3/b3*12-10-;;;;. The molecule has 12 nitrogen and oxygen atoms in total. The number of benzene rings is 3. The first kappa shape index (κ1) is 58.1. The molecule has 0 spiro atoms. The van der Waals surface area contributed by atoms with Crippen molar-refractivity contribution in [2.24, 2.45) is 0 Å². The summed E-state index contributed by atoms with van der Waals surface area (Å²) in [4.78, 5) is 35.6. The van der Waals surface area contributed by atoms with Gasteiger partial charge in [-0.05, 0) is 93.6 Å². The van der Waals surface area contributed by atoms with Crippen LogP contribution in [0.25, 0.3) is 16.2 Å². The second-order valence-electron chi connectivity index (χ2n) is 12.4. The van der Waals surface area contributed by atoms with Crippen LogP contribution in [-0.2, 0) is 28.6 Å². The molecular weight excluding hydrogens is 1000 g/mol. The van der Waals surface area contributed by atoms with E-state index in [-0.39, 0.29) is 66.7 Å². The molecular formula is C48H45EuN6O6S3. The van der Waals surface area contributed by atoms with Crippen molar-refractivity contribution >= 4 is 86.5 Å². The number of rotatable bonds is 9. The number of anilines is 3. The van der Waals surface area contributed by atoms with Crippen molar-refractivity contribution in [3.63, 3.8) is 0 Å². The predicted octanol–water partition coefficient (Wildman–Crippen LogP) is 10.9. The molecule has 0 saturated carbocycles. The van der Waals surface area contributed by atoms with E-state index in [0.29, 0.717) is 34.0 Å². The number of thiocarbonyl (C=S) groups is 3. The molecule has 3 aromatic carbocycles. The quantitative estimate of drug-likeness (QED) is 0.105. The van der Waals surface area contributed by atoms with Crippen LogP contribution in [0.4, 0.5) is 17.1 Å². The number of aryl methyl sites for hydroxylation is 3. The zero-order valence-corrected chi connectivity index (χ0v) is 40.6. The fraction of sp³-hybridized carbons (Fsp3) is 0.125. The van der Waals surface area contributed by atoms with Crippen molar-refractivity contribution in [2.45, 2.75) is 20.8 Å². The Morgan fingerprint density at radius 1 is 0.453 bits per heavy atom. The fourth-order valence-electron chi connectivity index (χ4n) is 4.85. The number of ketones is 3. The Balaban J connectivity index is 0.000000843. The molecule has 3 aromatic rings. The Hall–Kier alpha value is -5.89. The number of isothiocyanates is 3. The van der Waals surface area contributed by atoms with Gasteiger partial charge >= 0.3 is 49.4 Å². The maximum atomic E-state index is 11.9. The zero-order chi connectivity index (χ0) is 47.0. The van der Waals surface area contributed by atoms with Gasteiger partial charge in [0.1, 0.15) is 0 Å². The average Bonchev–Trinajstić information content (AvgIpc) is 3.28. The van der Waals surface area contributed by atoms with Crippen molar-refractivity contribution in [1.29, 1.82) is 0 Å². The molecule has 0 bridgehead atoms. The molecule has 0 radical (unpaired) electrons. The zero-order valence-electron chi connectivity index (χ0n) is 35.8. The first-order valence-corrected chi connectivity index (χ1v) is 19.6. The summed E-state index contributed by atoms with van der Waals surface area (Å²) in [6.45, 7) is 6.10. The molecule has 3 aliphatic rings. The smallest absolute Gasteiger partial charge is 0.753 e. The second kappa shape index (κ2) is 34.6. The SMILES string of the molecule is COC1=CC=C/C(=C/Nc2ccc(C)cc2)C1=O.COC1=CC=C/C(=C/Nc2ccc(C)cc2)C1=O.COC1=CC=C/C(=C/Nc2ccc(C)cc2)C1=O.[Eu+3].[N-]=C=S.[N-]=C=S.[N-]=C=S. The molecule has 0 aromatic heterocycles. The van der Waals surface area contributed by atoms with Gasteiger partial charge in [0.2, 0.25) is 17.3 Å². The van der Waals surface area contributed by atoms with E-state index in [1.807, 2.05) is 93.6 Å². The summed E-state index contributed by atoms with van der Waals surface area (Å²) in [7, 11) is 4.48. The number of carbonyl (C=O) groups excluding carboxylic acids is 3. The molecule has 0 unspecified atom stereocenters. The molecule has 0 saturated heterocycles. The number of carbonyl (C=O) groups is 3. The largest absolute Gasteiger partial charge is 3.00 e. The third-order valence-electron chi connectivity index (χ3n) is 8.03. The summed E-state index contributed by atoms with van der Waals surface area (Å²) in [5.74, 6) is 0.734. The molecule has 0 atom stereocenters. The van der Waals surface area contributed by atoms with Crippen LogP contribution in [0.15, 0.2) is 180 Å². The molecule has 328 valence electrons. The van der Waals surface area contributed by atoms with Gasteiger partial charge in [-0.2, -0.15) is 15.5 Å². The van der Waals surface area contributed by atoms with Crippen LogP contribution >= 0.6 is 36.7 Å². The minimum absolute atomic E-state index is 0. The molecule has 0 heterocycles. The van der Waals surface area contributed by atoms with Crippen LogP contribution in [0.5, 0.6) is 0 Å². The topological polar surface area (TPSA) is 182 Å². The molecule has 64 heavy (non-hydrogen) atoms. The van der Waals surface area contributed by atoms with E-state index in [4.69, 9.17) is 30.4 Å². The summed E-state index contributed by atoms with van der Waals surface area (Å²) >= 11 is 11.1. The van der Waals surface area contributed by atoms with Crippen LogP contribution in [-0.4, -0.2) is 54.2 Å². The van der Waals surface area contributed by atoms with Gasteiger partial charge in [0.25, 0.3) is 0 Å². The van der Waals surface area contributed by atoms with Gasteiger partial charge in [0, 0.05) is 52.4 Å². The molecule has 16 heteroatoms. The Morgan fingerprint density at radius 2 is 0.656 bits per heavy atom. The Bertz CT molecular complexity index is 2140. The second-order valence-corrected chi connectivity index (χ2v) is 12.9. The van der Waals surface area contributed by atoms with E-state index in [1.54, 1.807) is 73.3 Å². The molecule has 3 aliphatic carbocycles. The minimum atomic E-state index is -0.111. The van der Waals surface area contributed by atoms with E-state index in [1.165, 1.54) is 53.5 Å². The van der Waals surface area contributed by atoms with E-state index < -0.39 is 0 Å². The maximum Gasteiger partial charge on any atom is 3.00 e. The van der Waals surface area contributed by atoms with E-state index in [9.17, 15) is 14.4 Å². The number of methoxy groups -OCH3 is 3. The maximum absolute atomic E-state index is 11.9. The number of allylic oxidation sites excluding steroid dienone is 12. The first-order valence-electron chi connectivity index (χ1n) is 18.4. The number of nitrogens with zero attached hydrogens (tertiary/aromatic N) is 3. The number of hydrogen-bond donors (Lipinski definition) is 3. The Labute approximate surface area is 431 Å². The number of Topliss-reactive ketones (excluding diaryl/α,β-unsaturated/α-hetero) is 3. The van der Waals surface area contributed by atoms with E-state index in [2.05, 4.69) is 52.6 Å². The predicted molar refractivity (Wildman–Crippen MR) is 264 cm³/mol. The van der Waals surface area contributed by atoms with Gasteiger partial charge in [0.05, 0.1) is 21.3 Å². The molecule has 3 N–H and O–H groups in total. The monoisotopic (exact) mass is 1050 g/mol. The fourth-order valence-corrected chi connectivity index (χ4v) is 4.85. The molecule has 0 fully saturated rings. The van der Waals surface area contributed by atoms with Crippen LogP contribution in [0.2, 0.25) is 0 Å². The third kappa shape index (κ3) is 22.5. The van der Waals surface area contributed by atoms with Crippen molar-refractivity contribution in [3.05, 3.63) is 213 Å². The average molecular weight is 1050 g/mol. The summed E-state index contributed by atoms with van der Waals surface area (Å²) in [5, 5.41) is 34.7. The Morgan fingerprint density at radius 3 is 0.844 bits per heavy atom. The van der Waals surface area contributed by atoms with Gasteiger partial charge in [-0.15, -0.1) is 0 Å². The third-order valence-corrected chi connectivity index (χ3v) is 8.03. The molecule has 0 amide bonds. The first-order chi connectivity index (χ1) is 30.4. The van der Waals surface area contributed by atoms with E-state index in [0.717, 1.165) is 17.1 Å². The van der Waals surface area contributed by atoms with Gasteiger partial charge in [-0.1, -0.05) is 108 Å². The Kier molecular flexibility index (Phi) is 31.4. The summed E-state index contributed by atoms with van der Waals surface area (Å²) in [6, 6.07) is 23.9. The van der Waals surface area contributed by atoms with Crippen LogP contribution in [0, 0.1) is 70.1 Å². The number of nitrogens with one attached hydrogen (secondary N) is 3. The number of ether oxygens (including phenoxy) is 3.